The molecule has 0 unspecified atom stereocenters. The van der Waals surface area contributed by atoms with Gasteiger partial charge in [0.25, 0.3) is 0 Å². The molecule has 3 heteroatoms. The third-order valence-corrected chi connectivity index (χ3v) is 5.00. The number of carbonyl (C=O) groups is 1. The minimum Gasteiger partial charge on any atom is -0.481 e. The lowest BCUT2D eigenvalue weighted by Crippen LogP contribution is -2.37. The highest BCUT2D eigenvalue weighted by molar-refractivity contribution is 5.70. The van der Waals surface area contributed by atoms with Crippen molar-refractivity contribution in [1.82, 2.24) is 5.32 Å². The maximum Gasteiger partial charge on any atom is 0.306 e. The zero-order valence-corrected chi connectivity index (χ0v) is 12.1. The molecule has 0 bridgehead atoms. The van der Waals surface area contributed by atoms with Crippen LogP contribution in [0.1, 0.15) is 70.6 Å². The van der Waals surface area contributed by atoms with Gasteiger partial charge in [-0.3, -0.25) is 4.79 Å². The lowest BCUT2D eigenvalue weighted by Gasteiger charge is -2.29. The summed E-state index contributed by atoms with van der Waals surface area (Å²) in [7, 11) is 0. The SMILES string of the molecule is O=C(O)C1CCC(NCC2CCCCCCC2)CC1. The Morgan fingerprint density at radius 2 is 1.47 bits per heavy atom. The maximum atomic E-state index is 10.9. The second-order valence-corrected chi connectivity index (χ2v) is 6.51. The molecule has 110 valence electrons. The lowest BCUT2D eigenvalue weighted by atomic mass is 9.85. The zero-order valence-electron chi connectivity index (χ0n) is 12.1. The summed E-state index contributed by atoms with van der Waals surface area (Å²) in [5, 5.41) is 12.7. The molecule has 0 radical (unpaired) electrons. The first-order valence-electron chi connectivity index (χ1n) is 8.22. The highest BCUT2D eigenvalue weighted by atomic mass is 16.4. The van der Waals surface area contributed by atoms with Crippen molar-refractivity contribution < 1.29 is 9.90 Å². The fourth-order valence-electron chi connectivity index (χ4n) is 3.62. The van der Waals surface area contributed by atoms with Crippen LogP contribution in [0.4, 0.5) is 0 Å². The average molecular weight is 267 g/mol. The van der Waals surface area contributed by atoms with Crippen LogP contribution in [0.15, 0.2) is 0 Å². The molecule has 0 saturated heterocycles. The van der Waals surface area contributed by atoms with E-state index in [-0.39, 0.29) is 5.92 Å². The van der Waals surface area contributed by atoms with E-state index in [0.29, 0.717) is 6.04 Å². The van der Waals surface area contributed by atoms with E-state index in [2.05, 4.69) is 5.32 Å². The van der Waals surface area contributed by atoms with E-state index in [1.807, 2.05) is 0 Å². The van der Waals surface area contributed by atoms with E-state index in [1.54, 1.807) is 0 Å². The van der Waals surface area contributed by atoms with E-state index in [0.717, 1.165) is 38.1 Å². The van der Waals surface area contributed by atoms with Gasteiger partial charge in [-0.05, 0) is 51.0 Å². The van der Waals surface area contributed by atoms with Crippen molar-refractivity contribution in [3.05, 3.63) is 0 Å². The molecule has 0 atom stereocenters. The normalized spacial score (nSPS) is 30.5. The smallest absolute Gasteiger partial charge is 0.306 e. The Hall–Kier alpha value is -0.570. The fourth-order valence-corrected chi connectivity index (χ4v) is 3.62. The van der Waals surface area contributed by atoms with Gasteiger partial charge in [0, 0.05) is 6.04 Å². The van der Waals surface area contributed by atoms with Crippen LogP contribution in [0.25, 0.3) is 0 Å². The molecule has 0 spiro atoms. The van der Waals surface area contributed by atoms with Crippen LogP contribution in [-0.2, 0) is 4.79 Å². The highest BCUT2D eigenvalue weighted by Gasteiger charge is 2.26. The van der Waals surface area contributed by atoms with Crippen molar-refractivity contribution in [2.24, 2.45) is 11.8 Å². The predicted molar refractivity (Wildman–Crippen MR) is 77.2 cm³/mol. The Bertz CT molecular complexity index is 264. The third kappa shape index (κ3) is 5.13. The van der Waals surface area contributed by atoms with Crippen molar-refractivity contribution in [1.29, 1.82) is 0 Å². The van der Waals surface area contributed by atoms with E-state index >= 15 is 0 Å². The van der Waals surface area contributed by atoms with Crippen LogP contribution in [0.2, 0.25) is 0 Å². The van der Waals surface area contributed by atoms with Crippen molar-refractivity contribution in [3.8, 4) is 0 Å². The highest BCUT2D eigenvalue weighted by Crippen LogP contribution is 2.26. The van der Waals surface area contributed by atoms with E-state index < -0.39 is 5.97 Å². The van der Waals surface area contributed by atoms with Crippen molar-refractivity contribution in [3.63, 3.8) is 0 Å². The average Bonchev–Trinajstić information content (AvgIpc) is 2.38. The number of hydrogen-bond acceptors (Lipinski definition) is 2. The number of aliphatic carboxylic acids is 1. The maximum absolute atomic E-state index is 10.9. The molecule has 2 aliphatic carbocycles. The van der Waals surface area contributed by atoms with Gasteiger partial charge in [0.1, 0.15) is 0 Å². The second-order valence-electron chi connectivity index (χ2n) is 6.51. The molecule has 0 amide bonds. The van der Waals surface area contributed by atoms with Crippen molar-refractivity contribution in [2.45, 2.75) is 76.7 Å². The summed E-state index contributed by atoms with van der Waals surface area (Å²) >= 11 is 0. The number of nitrogens with one attached hydrogen (secondary N) is 1. The minimum absolute atomic E-state index is 0.0838. The molecule has 2 rings (SSSR count). The van der Waals surface area contributed by atoms with Gasteiger partial charge in [0.05, 0.1) is 5.92 Å². The van der Waals surface area contributed by atoms with Crippen LogP contribution in [0.3, 0.4) is 0 Å². The summed E-state index contributed by atoms with van der Waals surface area (Å²) in [6, 6.07) is 0.570. The molecule has 0 aromatic carbocycles. The van der Waals surface area contributed by atoms with E-state index in [1.165, 1.54) is 44.9 Å². The molecule has 0 aromatic heterocycles. The third-order valence-electron chi connectivity index (χ3n) is 5.00. The van der Waals surface area contributed by atoms with Crippen LogP contribution < -0.4 is 5.32 Å². The van der Waals surface area contributed by atoms with Gasteiger partial charge in [-0.15, -0.1) is 0 Å². The minimum atomic E-state index is -0.599. The second kappa shape index (κ2) is 7.88. The Balaban J connectivity index is 1.63. The Morgan fingerprint density at radius 1 is 0.895 bits per heavy atom. The number of hydrogen-bond donors (Lipinski definition) is 2. The fraction of sp³-hybridized carbons (Fsp3) is 0.938. The first-order valence-corrected chi connectivity index (χ1v) is 8.22. The predicted octanol–water partition coefficient (Wildman–Crippen LogP) is 3.58. The van der Waals surface area contributed by atoms with Gasteiger partial charge in [-0.1, -0.05) is 32.1 Å². The lowest BCUT2D eigenvalue weighted by molar-refractivity contribution is -0.142. The van der Waals surface area contributed by atoms with Crippen LogP contribution in [-0.4, -0.2) is 23.7 Å². The quantitative estimate of drug-likeness (QED) is 0.818. The molecule has 0 aromatic rings. The van der Waals surface area contributed by atoms with Crippen molar-refractivity contribution >= 4 is 5.97 Å². The molecule has 3 nitrogen and oxygen atoms in total. The van der Waals surface area contributed by atoms with Gasteiger partial charge in [0.2, 0.25) is 0 Å². The van der Waals surface area contributed by atoms with E-state index in [4.69, 9.17) is 5.11 Å². The van der Waals surface area contributed by atoms with Crippen LogP contribution in [0, 0.1) is 11.8 Å². The molecule has 2 saturated carbocycles. The van der Waals surface area contributed by atoms with Gasteiger partial charge in [0.15, 0.2) is 0 Å². The molecule has 2 fully saturated rings. The summed E-state index contributed by atoms with van der Waals surface area (Å²) < 4.78 is 0. The Morgan fingerprint density at radius 3 is 2.05 bits per heavy atom. The number of carboxylic acids is 1. The molecule has 0 heterocycles. The first kappa shape index (κ1) is 14.8. The Labute approximate surface area is 117 Å². The summed E-state index contributed by atoms with van der Waals surface area (Å²) in [5.41, 5.74) is 0. The monoisotopic (exact) mass is 267 g/mol. The standard InChI is InChI=1S/C16H29NO2/c18-16(19)14-8-10-15(11-9-14)17-12-13-6-4-2-1-3-5-7-13/h13-15,17H,1-12H2,(H,18,19). The molecule has 19 heavy (non-hydrogen) atoms. The van der Waals surface area contributed by atoms with Crippen LogP contribution in [0.5, 0.6) is 0 Å². The summed E-state index contributed by atoms with van der Waals surface area (Å²) in [6.45, 7) is 1.16. The zero-order chi connectivity index (χ0) is 13.5. The first-order chi connectivity index (χ1) is 9.25. The van der Waals surface area contributed by atoms with Crippen molar-refractivity contribution in [2.75, 3.05) is 6.54 Å². The Kier molecular flexibility index (Phi) is 6.15. The largest absolute Gasteiger partial charge is 0.481 e. The molecule has 0 aliphatic heterocycles. The summed E-state index contributed by atoms with van der Waals surface area (Å²) in [5.74, 6) is 0.176. The number of rotatable bonds is 4. The summed E-state index contributed by atoms with van der Waals surface area (Å²) in [4.78, 5) is 10.9. The molecule has 2 aliphatic rings. The summed E-state index contributed by atoms with van der Waals surface area (Å²) in [6.07, 6.45) is 13.6. The molecular formula is C16H29NO2. The van der Waals surface area contributed by atoms with Gasteiger partial charge in [-0.2, -0.15) is 0 Å². The molecule has 2 N–H and O–H groups in total. The number of carboxylic acid groups (broad SMARTS) is 1. The topological polar surface area (TPSA) is 49.3 Å². The van der Waals surface area contributed by atoms with Crippen LogP contribution >= 0.6 is 0 Å². The van der Waals surface area contributed by atoms with Gasteiger partial charge < -0.3 is 10.4 Å². The molecular weight excluding hydrogens is 238 g/mol. The van der Waals surface area contributed by atoms with Gasteiger partial charge in [-0.25, -0.2) is 0 Å². The van der Waals surface area contributed by atoms with Gasteiger partial charge >= 0.3 is 5.97 Å². The van der Waals surface area contributed by atoms with E-state index in [9.17, 15) is 4.79 Å².